The van der Waals surface area contributed by atoms with E-state index in [9.17, 15) is 23.7 Å². The van der Waals surface area contributed by atoms with E-state index in [1.807, 2.05) is 0 Å². The van der Waals surface area contributed by atoms with Gasteiger partial charge in [0.25, 0.3) is 0 Å². The van der Waals surface area contributed by atoms with Crippen LogP contribution in [-0.4, -0.2) is 92.9 Å². The molecule has 11 heteroatoms. The molecule has 3 unspecified atom stereocenters. The van der Waals surface area contributed by atoms with Crippen LogP contribution in [-0.2, 0) is 28.8 Å². The second-order valence-corrected chi connectivity index (χ2v) is 9.04. The summed E-state index contributed by atoms with van der Waals surface area (Å²) in [5.74, 6) is 0. The highest BCUT2D eigenvalue weighted by molar-refractivity contribution is 7.80. The maximum Gasteiger partial charge on any atom is 0.397 e. The molecule has 0 radical (unpaired) electrons. The molecule has 0 fully saturated rings. The van der Waals surface area contributed by atoms with Crippen LogP contribution in [0.5, 0.6) is 0 Å². The van der Waals surface area contributed by atoms with E-state index in [0.29, 0.717) is 6.61 Å². The number of hydrogen-bond acceptors (Lipinski definition) is 9. The lowest BCUT2D eigenvalue weighted by atomic mass is 10.1. The molecule has 0 saturated heterocycles. The highest BCUT2D eigenvalue weighted by atomic mass is 32.3. The lowest BCUT2D eigenvalue weighted by Crippen LogP contribution is -2.32. The normalized spacial score (nSPS) is 15.0. The largest absolute Gasteiger partial charge is 0.397 e. The first-order valence-electron chi connectivity index (χ1n) is 11.6. The van der Waals surface area contributed by atoms with Crippen LogP contribution in [0.2, 0.25) is 0 Å². The van der Waals surface area contributed by atoms with Crippen LogP contribution in [0.3, 0.4) is 0 Å². The first-order valence-corrected chi connectivity index (χ1v) is 13.0. The summed E-state index contributed by atoms with van der Waals surface area (Å²) in [6, 6.07) is 0. The van der Waals surface area contributed by atoms with Crippen LogP contribution in [0.15, 0.2) is 0 Å². The molecule has 0 saturated carbocycles. The summed E-state index contributed by atoms with van der Waals surface area (Å²) in [5, 5.41) is 28.6. The fraction of sp³-hybridized carbons (Fsp3) is 1.00. The molecule has 0 heterocycles. The molecule has 0 aliphatic carbocycles. The first-order chi connectivity index (χ1) is 15.3. The Labute approximate surface area is 193 Å². The molecule has 0 aliphatic heterocycles. The van der Waals surface area contributed by atoms with E-state index in [1.54, 1.807) is 0 Å². The van der Waals surface area contributed by atoms with Gasteiger partial charge in [-0.15, -0.1) is 0 Å². The van der Waals surface area contributed by atoms with E-state index >= 15 is 0 Å². The molecule has 32 heavy (non-hydrogen) atoms. The van der Waals surface area contributed by atoms with Gasteiger partial charge in [-0.1, -0.05) is 64.7 Å². The SMILES string of the molecule is CCCCCCCCCCCCOCC(CO)OCC(O)COCC(O)COS(=O)(=O)O. The number of aliphatic hydroxyl groups excluding tert-OH is 3. The van der Waals surface area contributed by atoms with Crippen molar-refractivity contribution in [1.29, 1.82) is 0 Å². The van der Waals surface area contributed by atoms with Crippen molar-refractivity contribution in [3.05, 3.63) is 0 Å². The molecule has 0 bridgehead atoms. The van der Waals surface area contributed by atoms with Crippen LogP contribution < -0.4 is 0 Å². The standard InChI is InChI=1S/C21H44O10S/c1-2-3-4-5-6-7-8-9-10-11-12-28-18-21(13-22)30-16-19(23)14-29-15-20(24)17-31-32(25,26)27/h19-24H,2-18H2,1H3,(H,25,26,27). The Morgan fingerprint density at radius 1 is 0.719 bits per heavy atom. The number of hydrogen-bond donors (Lipinski definition) is 4. The highest BCUT2D eigenvalue weighted by Crippen LogP contribution is 2.10. The molecular weight excluding hydrogens is 444 g/mol. The smallest absolute Gasteiger partial charge is 0.394 e. The Bertz CT molecular complexity index is 503. The molecule has 0 aromatic rings. The van der Waals surface area contributed by atoms with Crippen molar-refractivity contribution in [2.24, 2.45) is 0 Å². The summed E-state index contributed by atoms with van der Waals surface area (Å²) in [5.41, 5.74) is 0. The second kappa shape index (κ2) is 21.2. The van der Waals surface area contributed by atoms with Crippen LogP contribution >= 0.6 is 0 Å². The molecule has 10 nitrogen and oxygen atoms in total. The Morgan fingerprint density at radius 2 is 1.25 bits per heavy atom. The van der Waals surface area contributed by atoms with E-state index in [-0.39, 0.29) is 33.0 Å². The van der Waals surface area contributed by atoms with Gasteiger partial charge in [-0.05, 0) is 6.42 Å². The molecule has 0 amide bonds. The van der Waals surface area contributed by atoms with Crippen molar-refractivity contribution < 1.29 is 46.7 Å². The van der Waals surface area contributed by atoms with Crippen molar-refractivity contribution in [2.45, 2.75) is 89.4 Å². The lowest BCUT2D eigenvalue weighted by molar-refractivity contribution is -0.0890. The van der Waals surface area contributed by atoms with Gasteiger partial charge in [0.2, 0.25) is 0 Å². The number of unbranched alkanes of at least 4 members (excludes halogenated alkanes) is 9. The third-order valence-electron chi connectivity index (χ3n) is 4.70. The molecular formula is C21H44O10S. The molecule has 0 aliphatic rings. The molecule has 0 aromatic carbocycles. The van der Waals surface area contributed by atoms with Crippen LogP contribution in [0.25, 0.3) is 0 Å². The van der Waals surface area contributed by atoms with Crippen LogP contribution in [0, 0.1) is 0 Å². The summed E-state index contributed by atoms with van der Waals surface area (Å²) in [4.78, 5) is 0. The molecule has 4 N–H and O–H groups in total. The zero-order chi connectivity index (χ0) is 24.1. The van der Waals surface area contributed by atoms with Gasteiger partial charge in [0.1, 0.15) is 18.3 Å². The van der Waals surface area contributed by atoms with Gasteiger partial charge >= 0.3 is 10.4 Å². The fourth-order valence-corrected chi connectivity index (χ4v) is 3.24. The van der Waals surface area contributed by atoms with Gasteiger partial charge in [0.15, 0.2) is 0 Å². The van der Waals surface area contributed by atoms with E-state index in [2.05, 4.69) is 11.1 Å². The van der Waals surface area contributed by atoms with Crippen molar-refractivity contribution in [2.75, 3.05) is 46.2 Å². The number of ether oxygens (including phenoxy) is 3. The third-order valence-corrected chi connectivity index (χ3v) is 5.14. The quantitative estimate of drug-likeness (QED) is 0.117. The Morgan fingerprint density at radius 3 is 1.78 bits per heavy atom. The van der Waals surface area contributed by atoms with Crippen LogP contribution in [0.4, 0.5) is 0 Å². The summed E-state index contributed by atoms with van der Waals surface area (Å²) in [7, 11) is -4.62. The van der Waals surface area contributed by atoms with E-state index in [1.165, 1.54) is 51.4 Å². The maximum absolute atomic E-state index is 10.4. The summed E-state index contributed by atoms with van der Waals surface area (Å²) >= 11 is 0. The lowest BCUT2D eigenvalue weighted by Gasteiger charge is -2.19. The van der Waals surface area contributed by atoms with Gasteiger partial charge in [0.05, 0.1) is 39.6 Å². The predicted octanol–water partition coefficient (Wildman–Crippen LogP) is 1.86. The monoisotopic (exact) mass is 488 g/mol. The Hall–Kier alpha value is -0.370. The van der Waals surface area contributed by atoms with Crippen molar-refractivity contribution in [1.82, 2.24) is 0 Å². The van der Waals surface area contributed by atoms with Gasteiger partial charge in [-0.2, -0.15) is 8.42 Å². The molecule has 0 spiro atoms. The van der Waals surface area contributed by atoms with E-state index in [0.717, 1.165) is 12.8 Å². The zero-order valence-electron chi connectivity index (χ0n) is 19.4. The van der Waals surface area contributed by atoms with Gasteiger partial charge in [0, 0.05) is 6.61 Å². The number of aliphatic hydroxyl groups is 3. The summed E-state index contributed by atoms with van der Waals surface area (Å²) in [6.45, 7) is 1.61. The van der Waals surface area contributed by atoms with Gasteiger partial charge in [-0.3, -0.25) is 4.55 Å². The molecule has 3 atom stereocenters. The zero-order valence-corrected chi connectivity index (χ0v) is 20.2. The molecule has 194 valence electrons. The Balaban J connectivity index is 3.60. The Kier molecular flexibility index (Phi) is 20.9. The van der Waals surface area contributed by atoms with E-state index < -0.39 is 35.3 Å². The van der Waals surface area contributed by atoms with Crippen molar-refractivity contribution >= 4 is 10.4 Å². The minimum Gasteiger partial charge on any atom is -0.394 e. The average Bonchev–Trinajstić information content (AvgIpc) is 2.74. The van der Waals surface area contributed by atoms with Crippen molar-refractivity contribution in [3.63, 3.8) is 0 Å². The number of rotatable bonds is 24. The van der Waals surface area contributed by atoms with Gasteiger partial charge in [-0.25, -0.2) is 4.18 Å². The van der Waals surface area contributed by atoms with Crippen LogP contribution in [0.1, 0.15) is 71.1 Å². The van der Waals surface area contributed by atoms with Crippen molar-refractivity contribution in [3.8, 4) is 0 Å². The van der Waals surface area contributed by atoms with Gasteiger partial charge < -0.3 is 29.5 Å². The summed E-state index contributed by atoms with van der Waals surface area (Å²) in [6.07, 6.45) is 9.66. The predicted molar refractivity (Wildman–Crippen MR) is 120 cm³/mol. The molecule has 0 aromatic heterocycles. The topological polar surface area (TPSA) is 152 Å². The summed E-state index contributed by atoms with van der Waals surface area (Å²) < 4.78 is 49.2. The fourth-order valence-electron chi connectivity index (χ4n) is 2.91. The van der Waals surface area contributed by atoms with E-state index in [4.69, 9.17) is 18.8 Å². The molecule has 0 rings (SSSR count). The minimum absolute atomic E-state index is 0.0928. The highest BCUT2D eigenvalue weighted by Gasteiger charge is 2.14. The maximum atomic E-state index is 10.4. The average molecular weight is 489 g/mol. The second-order valence-electron chi connectivity index (χ2n) is 7.95. The third kappa shape index (κ3) is 22.8. The first kappa shape index (κ1) is 31.6. The minimum atomic E-state index is -4.62.